The van der Waals surface area contributed by atoms with Crippen LogP contribution in [0.4, 0.5) is 4.39 Å². The average molecular weight is 452 g/mol. The van der Waals surface area contributed by atoms with Crippen molar-refractivity contribution in [3.05, 3.63) is 82.9 Å². The molecular formula is C23H22FN5O2S. The molecule has 7 nitrogen and oxygen atoms in total. The van der Waals surface area contributed by atoms with Crippen molar-refractivity contribution in [2.24, 2.45) is 0 Å². The summed E-state index contributed by atoms with van der Waals surface area (Å²) in [4.78, 5) is 21.6. The molecule has 0 fully saturated rings. The number of carbonyl (C=O) groups excluding carboxylic acids is 1. The molecule has 0 aliphatic carbocycles. The molecule has 4 rings (SSSR count). The molecule has 32 heavy (non-hydrogen) atoms. The van der Waals surface area contributed by atoms with Gasteiger partial charge in [-0.3, -0.25) is 4.79 Å². The van der Waals surface area contributed by atoms with Crippen molar-refractivity contribution in [1.29, 1.82) is 0 Å². The molecule has 0 aliphatic heterocycles. The van der Waals surface area contributed by atoms with E-state index in [1.807, 2.05) is 38.1 Å². The number of thioether (sulfide) groups is 1. The highest BCUT2D eigenvalue weighted by molar-refractivity contribution is 7.98. The molecule has 2 aromatic heterocycles. The lowest BCUT2D eigenvalue weighted by atomic mass is 10.1. The van der Waals surface area contributed by atoms with E-state index >= 15 is 0 Å². The van der Waals surface area contributed by atoms with Crippen molar-refractivity contribution in [1.82, 2.24) is 24.9 Å². The first-order valence-corrected chi connectivity index (χ1v) is 11.1. The summed E-state index contributed by atoms with van der Waals surface area (Å²) in [6.45, 7) is 4.50. The number of fused-ring (bicyclic) bond motifs is 1. The zero-order valence-corrected chi connectivity index (χ0v) is 18.5. The number of aromatic nitrogens is 4. The summed E-state index contributed by atoms with van der Waals surface area (Å²) in [5.74, 6) is 1.17. The van der Waals surface area contributed by atoms with Crippen LogP contribution in [0.3, 0.4) is 0 Å². The lowest BCUT2D eigenvalue weighted by Gasteiger charge is -2.10. The van der Waals surface area contributed by atoms with Gasteiger partial charge < -0.3 is 10.1 Å². The van der Waals surface area contributed by atoms with Crippen LogP contribution >= 0.6 is 11.8 Å². The Balaban J connectivity index is 1.35. The van der Waals surface area contributed by atoms with Gasteiger partial charge in [-0.2, -0.15) is 4.98 Å². The Bertz CT molecular complexity index is 1240. The molecule has 1 amide bonds. The van der Waals surface area contributed by atoms with Gasteiger partial charge >= 0.3 is 0 Å². The van der Waals surface area contributed by atoms with Crippen LogP contribution in [-0.4, -0.2) is 38.6 Å². The summed E-state index contributed by atoms with van der Waals surface area (Å²) in [5.41, 5.74) is 3.34. The van der Waals surface area contributed by atoms with Gasteiger partial charge in [0, 0.05) is 22.7 Å². The number of nitrogens with one attached hydrogen (secondary N) is 1. The second-order valence-corrected chi connectivity index (χ2v) is 8.09. The van der Waals surface area contributed by atoms with Gasteiger partial charge in [0.2, 0.25) is 5.16 Å². The standard InChI is InChI=1S/C23H22FN5O2S/c1-15-13-16(2)29-22(26-15)27-23(28-29)32-14-17-5-3-4-6-20(17)21(30)25-11-12-31-19-9-7-18(24)8-10-19/h3-10,13H,11-12,14H2,1-2H3,(H,25,30). The fourth-order valence-electron chi connectivity index (χ4n) is 3.18. The van der Waals surface area contributed by atoms with Crippen molar-refractivity contribution in [2.45, 2.75) is 24.8 Å². The number of hydrogen-bond acceptors (Lipinski definition) is 6. The number of carbonyl (C=O) groups is 1. The van der Waals surface area contributed by atoms with Crippen molar-refractivity contribution in [3.63, 3.8) is 0 Å². The van der Waals surface area contributed by atoms with Crippen molar-refractivity contribution >= 4 is 23.4 Å². The third kappa shape index (κ3) is 5.23. The maximum Gasteiger partial charge on any atom is 0.253 e. The first-order chi connectivity index (χ1) is 15.5. The van der Waals surface area contributed by atoms with Gasteiger partial charge in [0.1, 0.15) is 18.2 Å². The molecule has 0 aliphatic rings. The normalized spacial score (nSPS) is 11.0. The lowest BCUT2D eigenvalue weighted by molar-refractivity contribution is 0.0946. The summed E-state index contributed by atoms with van der Waals surface area (Å²) >= 11 is 1.45. The highest BCUT2D eigenvalue weighted by Crippen LogP contribution is 2.23. The number of aryl methyl sites for hydroxylation is 2. The predicted molar refractivity (Wildman–Crippen MR) is 120 cm³/mol. The van der Waals surface area contributed by atoms with E-state index in [2.05, 4.69) is 20.4 Å². The van der Waals surface area contributed by atoms with E-state index < -0.39 is 0 Å². The average Bonchev–Trinajstić information content (AvgIpc) is 3.20. The van der Waals surface area contributed by atoms with Crippen molar-refractivity contribution in [2.75, 3.05) is 13.2 Å². The highest BCUT2D eigenvalue weighted by atomic mass is 32.2. The Morgan fingerprint density at radius 2 is 1.91 bits per heavy atom. The van der Waals surface area contributed by atoms with Crippen LogP contribution in [0, 0.1) is 19.7 Å². The van der Waals surface area contributed by atoms with E-state index in [-0.39, 0.29) is 18.3 Å². The predicted octanol–water partition coefficient (Wildman–Crippen LogP) is 3.98. The van der Waals surface area contributed by atoms with E-state index in [9.17, 15) is 9.18 Å². The molecule has 0 saturated heterocycles. The van der Waals surface area contributed by atoms with Crippen LogP contribution in [-0.2, 0) is 5.75 Å². The van der Waals surface area contributed by atoms with E-state index in [1.54, 1.807) is 22.7 Å². The summed E-state index contributed by atoms with van der Waals surface area (Å²) in [7, 11) is 0. The second kappa shape index (κ2) is 9.78. The van der Waals surface area contributed by atoms with Gasteiger partial charge in [0.15, 0.2) is 0 Å². The van der Waals surface area contributed by atoms with Crippen molar-refractivity contribution < 1.29 is 13.9 Å². The molecule has 4 aromatic rings. The Morgan fingerprint density at radius 3 is 2.72 bits per heavy atom. The SMILES string of the molecule is Cc1cc(C)n2nc(SCc3ccccc3C(=O)NCCOc3ccc(F)cc3)nc2n1. The maximum atomic E-state index is 12.9. The van der Waals surface area contributed by atoms with E-state index in [0.717, 1.165) is 17.0 Å². The van der Waals surface area contributed by atoms with E-state index in [0.29, 0.717) is 34.5 Å². The number of hydrogen-bond donors (Lipinski definition) is 1. The maximum absolute atomic E-state index is 12.9. The number of rotatable bonds is 8. The van der Waals surface area contributed by atoms with E-state index in [1.165, 1.54) is 23.9 Å². The fraction of sp³-hybridized carbons (Fsp3) is 0.217. The number of benzene rings is 2. The zero-order valence-electron chi connectivity index (χ0n) is 17.7. The van der Waals surface area contributed by atoms with Crippen LogP contribution in [0.1, 0.15) is 27.3 Å². The summed E-state index contributed by atoms with van der Waals surface area (Å²) < 4.78 is 20.2. The molecule has 0 bridgehead atoms. The summed E-state index contributed by atoms with van der Waals surface area (Å²) in [6.07, 6.45) is 0. The monoisotopic (exact) mass is 451 g/mol. The Kier molecular flexibility index (Phi) is 6.65. The van der Waals surface area contributed by atoms with Crippen molar-refractivity contribution in [3.8, 4) is 5.75 Å². The summed E-state index contributed by atoms with van der Waals surface area (Å²) in [5, 5.41) is 7.97. The number of halogens is 1. The van der Waals surface area contributed by atoms with Crippen LogP contribution in [0.2, 0.25) is 0 Å². The van der Waals surface area contributed by atoms with Gasteiger partial charge in [-0.05, 0) is 55.8 Å². The Hall–Kier alpha value is -3.46. The summed E-state index contributed by atoms with van der Waals surface area (Å²) in [6, 6.07) is 15.2. The van der Waals surface area contributed by atoms with Crippen LogP contribution < -0.4 is 10.1 Å². The van der Waals surface area contributed by atoms with Gasteiger partial charge in [-0.25, -0.2) is 13.9 Å². The lowest BCUT2D eigenvalue weighted by Crippen LogP contribution is -2.28. The molecule has 9 heteroatoms. The minimum atomic E-state index is -0.319. The molecular weight excluding hydrogens is 429 g/mol. The van der Waals surface area contributed by atoms with Gasteiger partial charge in [0.25, 0.3) is 11.7 Å². The minimum absolute atomic E-state index is 0.181. The Labute approximate surface area is 189 Å². The first kappa shape index (κ1) is 21.8. The quantitative estimate of drug-likeness (QED) is 0.322. The van der Waals surface area contributed by atoms with Crippen LogP contribution in [0.25, 0.3) is 5.78 Å². The largest absolute Gasteiger partial charge is 0.492 e. The topological polar surface area (TPSA) is 81.4 Å². The molecule has 164 valence electrons. The zero-order chi connectivity index (χ0) is 22.5. The molecule has 0 radical (unpaired) electrons. The molecule has 2 aromatic carbocycles. The molecule has 0 atom stereocenters. The molecule has 0 spiro atoms. The number of nitrogens with zero attached hydrogens (tertiary/aromatic N) is 4. The molecule has 2 heterocycles. The first-order valence-electron chi connectivity index (χ1n) is 10.1. The highest BCUT2D eigenvalue weighted by Gasteiger charge is 2.13. The van der Waals surface area contributed by atoms with Gasteiger partial charge in [0.05, 0.1) is 6.54 Å². The molecule has 0 unspecified atom stereocenters. The third-order valence-electron chi connectivity index (χ3n) is 4.69. The molecule has 1 N–H and O–H groups in total. The van der Waals surface area contributed by atoms with E-state index in [4.69, 9.17) is 4.74 Å². The van der Waals surface area contributed by atoms with Gasteiger partial charge in [-0.1, -0.05) is 30.0 Å². The molecule has 0 saturated carbocycles. The smallest absolute Gasteiger partial charge is 0.253 e. The minimum Gasteiger partial charge on any atom is -0.492 e. The third-order valence-corrected chi connectivity index (χ3v) is 5.57. The number of ether oxygens (including phenoxy) is 1. The van der Waals surface area contributed by atoms with Crippen LogP contribution in [0.15, 0.2) is 59.8 Å². The fourth-order valence-corrected chi connectivity index (χ4v) is 4.00. The van der Waals surface area contributed by atoms with Crippen LogP contribution in [0.5, 0.6) is 5.75 Å². The number of amides is 1. The Morgan fingerprint density at radius 1 is 1.12 bits per heavy atom. The second-order valence-electron chi connectivity index (χ2n) is 7.15. The van der Waals surface area contributed by atoms with Gasteiger partial charge in [-0.15, -0.1) is 5.10 Å².